The minimum atomic E-state index is 0.110. The second-order valence-corrected chi connectivity index (χ2v) is 5.23. The first-order valence-corrected chi connectivity index (χ1v) is 5.70. The highest BCUT2D eigenvalue weighted by Gasteiger charge is 2.37. The van der Waals surface area contributed by atoms with Gasteiger partial charge in [-0.1, -0.05) is 17.7 Å². The third-order valence-corrected chi connectivity index (χ3v) is 3.44. The van der Waals surface area contributed by atoms with Gasteiger partial charge >= 0.3 is 0 Å². The van der Waals surface area contributed by atoms with E-state index >= 15 is 0 Å². The standard InChI is InChI=1S/C12H17ClN2/c1-12(2,8-6-7-8)15-10-5-3-4-9(13)11(10)14/h3-5,8,15H,6-7,14H2,1-2H3. The van der Waals surface area contributed by atoms with Crippen molar-refractivity contribution in [3.63, 3.8) is 0 Å². The molecule has 0 spiro atoms. The molecule has 0 aromatic heterocycles. The summed E-state index contributed by atoms with van der Waals surface area (Å²) in [6, 6.07) is 5.71. The number of anilines is 2. The van der Waals surface area contributed by atoms with Gasteiger partial charge in [-0.3, -0.25) is 0 Å². The van der Waals surface area contributed by atoms with Gasteiger partial charge in [0.05, 0.1) is 16.4 Å². The minimum absolute atomic E-state index is 0.110. The van der Waals surface area contributed by atoms with Crippen LogP contribution in [0.2, 0.25) is 5.02 Å². The van der Waals surface area contributed by atoms with E-state index in [1.807, 2.05) is 18.2 Å². The highest BCUT2D eigenvalue weighted by atomic mass is 35.5. The Hall–Kier alpha value is -0.890. The third kappa shape index (κ3) is 2.20. The van der Waals surface area contributed by atoms with E-state index in [0.29, 0.717) is 10.7 Å². The highest BCUT2D eigenvalue weighted by Crippen LogP contribution is 2.42. The summed E-state index contributed by atoms with van der Waals surface area (Å²) in [4.78, 5) is 0. The number of para-hydroxylation sites is 1. The van der Waals surface area contributed by atoms with Crippen LogP contribution in [-0.2, 0) is 0 Å². The first-order chi connectivity index (χ1) is 7.00. The van der Waals surface area contributed by atoms with Gasteiger partial charge in [-0.15, -0.1) is 0 Å². The van der Waals surface area contributed by atoms with Crippen LogP contribution < -0.4 is 11.1 Å². The lowest BCUT2D eigenvalue weighted by Gasteiger charge is -2.28. The number of halogens is 1. The summed E-state index contributed by atoms with van der Waals surface area (Å²) in [5.41, 5.74) is 7.62. The quantitative estimate of drug-likeness (QED) is 0.771. The van der Waals surface area contributed by atoms with Crippen molar-refractivity contribution in [3.05, 3.63) is 23.2 Å². The van der Waals surface area contributed by atoms with E-state index in [2.05, 4.69) is 19.2 Å². The lowest BCUT2D eigenvalue weighted by Crippen LogP contribution is -2.33. The van der Waals surface area contributed by atoms with Crippen LogP contribution in [-0.4, -0.2) is 5.54 Å². The molecule has 1 fully saturated rings. The fourth-order valence-electron chi connectivity index (χ4n) is 1.90. The fraction of sp³-hybridized carbons (Fsp3) is 0.500. The average molecular weight is 225 g/mol. The maximum atomic E-state index is 5.97. The second kappa shape index (κ2) is 3.60. The smallest absolute Gasteiger partial charge is 0.0739 e. The highest BCUT2D eigenvalue weighted by molar-refractivity contribution is 6.33. The van der Waals surface area contributed by atoms with Crippen LogP contribution in [0.5, 0.6) is 0 Å². The van der Waals surface area contributed by atoms with Crippen molar-refractivity contribution in [1.82, 2.24) is 0 Å². The number of nitrogens with two attached hydrogens (primary N) is 1. The van der Waals surface area contributed by atoms with Crippen molar-refractivity contribution in [2.75, 3.05) is 11.1 Å². The molecule has 0 amide bonds. The molecule has 1 saturated carbocycles. The Morgan fingerprint density at radius 1 is 1.40 bits per heavy atom. The van der Waals surface area contributed by atoms with Gasteiger partial charge in [-0.2, -0.15) is 0 Å². The van der Waals surface area contributed by atoms with Crippen LogP contribution in [0.1, 0.15) is 26.7 Å². The zero-order valence-corrected chi connectivity index (χ0v) is 9.93. The Labute approximate surface area is 95.8 Å². The molecule has 1 aliphatic rings. The van der Waals surface area contributed by atoms with Gasteiger partial charge in [0.2, 0.25) is 0 Å². The van der Waals surface area contributed by atoms with E-state index in [1.54, 1.807) is 0 Å². The number of benzene rings is 1. The molecule has 0 atom stereocenters. The van der Waals surface area contributed by atoms with E-state index in [-0.39, 0.29) is 5.54 Å². The molecule has 15 heavy (non-hydrogen) atoms. The van der Waals surface area contributed by atoms with Crippen LogP contribution in [0.4, 0.5) is 11.4 Å². The lowest BCUT2D eigenvalue weighted by molar-refractivity contribution is 0.495. The molecule has 1 aliphatic carbocycles. The van der Waals surface area contributed by atoms with Crippen molar-refractivity contribution in [1.29, 1.82) is 0 Å². The summed E-state index contributed by atoms with van der Waals surface area (Å²) in [5.74, 6) is 0.760. The van der Waals surface area contributed by atoms with Crippen LogP contribution in [0.3, 0.4) is 0 Å². The predicted molar refractivity (Wildman–Crippen MR) is 66.3 cm³/mol. The summed E-state index contributed by atoms with van der Waals surface area (Å²) in [5, 5.41) is 4.10. The van der Waals surface area contributed by atoms with Crippen LogP contribution in [0.15, 0.2) is 18.2 Å². The lowest BCUT2D eigenvalue weighted by atomic mass is 9.98. The maximum absolute atomic E-state index is 5.97. The monoisotopic (exact) mass is 224 g/mol. The molecule has 2 nitrogen and oxygen atoms in total. The molecule has 0 saturated heterocycles. The molecular formula is C12H17ClN2. The van der Waals surface area contributed by atoms with Gasteiger partial charge in [0.1, 0.15) is 0 Å². The molecule has 3 heteroatoms. The minimum Gasteiger partial charge on any atom is -0.396 e. The SMILES string of the molecule is CC(C)(Nc1cccc(Cl)c1N)C1CC1. The second-order valence-electron chi connectivity index (χ2n) is 4.82. The van der Waals surface area contributed by atoms with Crippen LogP contribution in [0.25, 0.3) is 0 Å². The topological polar surface area (TPSA) is 38.0 Å². The van der Waals surface area contributed by atoms with Gasteiger partial charge < -0.3 is 11.1 Å². The van der Waals surface area contributed by atoms with Gasteiger partial charge in [-0.05, 0) is 44.7 Å². The van der Waals surface area contributed by atoms with Crippen molar-refractivity contribution in [3.8, 4) is 0 Å². The zero-order valence-electron chi connectivity index (χ0n) is 9.18. The molecule has 0 aliphatic heterocycles. The van der Waals surface area contributed by atoms with Crippen molar-refractivity contribution in [2.24, 2.45) is 5.92 Å². The van der Waals surface area contributed by atoms with Crippen LogP contribution in [0, 0.1) is 5.92 Å². The Morgan fingerprint density at radius 2 is 2.07 bits per heavy atom. The van der Waals surface area contributed by atoms with Crippen molar-refractivity contribution < 1.29 is 0 Å². The Kier molecular flexibility index (Phi) is 2.55. The molecule has 82 valence electrons. The van der Waals surface area contributed by atoms with E-state index in [4.69, 9.17) is 17.3 Å². The molecule has 0 heterocycles. The zero-order chi connectivity index (χ0) is 11.1. The number of rotatable bonds is 3. The Morgan fingerprint density at radius 3 is 2.67 bits per heavy atom. The van der Waals surface area contributed by atoms with E-state index in [9.17, 15) is 0 Å². The summed E-state index contributed by atoms with van der Waals surface area (Å²) in [6.45, 7) is 4.43. The average Bonchev–Trinajstić information content (AvgIpc) is 2.95. The van der Waals surface area contributed by atoms with Crippen molar-refractivity contribution in [2.45, 2.75) is 32.2 Å². The molecule has 1 aromatic carbocycles. The molecule has 1 aromatic rings. The summed E-state index contributed by atoms with van der Waals surface area (Å²) < 4.78 is 0. The predicted octanol–water partition coefficient (Wildman–Crippen LogP) is 3.52. The Balaban J connectivity index is 2.20. The summed E-state index contributed by atoms with van der Waals surface area (Å²) in [7, 11) is 0. The van der Waals surface area contributed by atoms with Gasteiger partial charge in [0, 0.05) is 5.54 Å². The van der Waals surface area contributed by atoms with Gasteiger partial charge in [0.15, 0.2) is 0 Å². The normalized spacial score (nSPS) is 16.5. The molecular weight excluding hydrogens is 208 g/mol. The van der Waals surface area contributed by atoms with Gasteiger partial charge in [-0.25, -0.2) is 0 Å². The Bertz CT molecular complexity index is 370. The number of hydrogen-bond donors (Lipinski definition) is 2. The number of hydrogen-bond acceptors (Lipinski definition) is 2. The molecule has 2 rings (SSSR count). The first-order valence-electron chi connectivity index (χ1n) is 5.33. The number of nitrogens with one attached hydrogen (secondary N) is 1. The van der Waals surface area contributed by atoms with Crippen molar-refractivity contribution >= 4 is 23.0 Å². The molecule has 0 unspecified atom stereocenters. The van der Waals surface area contributed by atoms with Gasteiger partial charge in [0.25, 0.3) is 0 Å². The maximum Gasteiger partial charge on any atom is 0.0739 e. The van der Waals surface area contributed by atoms with Crippen LogP contribution >= 0.6 is 11.6 Å². The fourth-order valence-corrected chi connectivity index (χ4v) is 2.07. The summed E-state index contributed by atoms with van der Waals surface area (Å²) >= 11 is 5.97. The van der Waals surface area contributed by atoms with E-state index in [1.165, 1.54) is 12.8 Å². The molecule has 3 N–H and O–H groups in total. The summed E-state index contributed by atoms with van der Waals surface area (Å²) in [6.07, 6.45) is 2.61. The van der Waals surface area contributed by atoms with E-state index < -0.39 is 0 Å². The third-order valence-electron chi connectivity index (χ3n) is 3.11. The largest absolute Gasteiger partial charge is 0.396 e. The molecule has 0 radical (unpaired) electrons. The first kappa shape index (κ1) is 10.6. The van der Waals surface area contributed by atoms with E-state index in [0.717, 1.165) is 11.6 Å². The number of nitrogen functional groups attached to an aromatic ring is 1. The molecule has 0 bridgehead atoms.